The number of hydrogen-bond acceptors (Lipinski definition) is 3. The van der Waals surface area contributed by atoms with Crippen molar-refractivity contribution in [3.05, 3.63) is 21.9 Å². The van der Waals surface area contributed by atoms with Gasteiger partial charge in [-0.2, -0.15) is 5.26 Å². The molecule has 15 heavy (non-hydrogen) atoms. The number of nitrogens with one attached hydrogen (secondary N) is 1. The maximum Gasteiger partial charge on any atom is 0.261 e. The number of carbonyl (C=O) groups excluding carboxylic acids is 1. The zero-order valence-corrected chi connectivity index (χ0v) is 9.73. The molecule has 1 atom stereocenters. The van der Waals surface area contributed by atoms with Gasteiger partial charge in [0.2, 0.25) is 0 Å². The minimum atomic E-state index is -0.0652. The highest BCUT2D eigenvalue weighted by molar-refractivity contribution is 7.12. The Morgan fingerprint density at radius 3 is 2.93 bits per heavy atom. The topological polar surface area (TPSA) is 52.9 Å². The van der Waals surface area contributed by atoms with E-state index in [0.29, 0.717) is 6.42 Å². The predicted molar refractivity (Wildman–Crippen MR) is 60.8 cm³/mol. The van der Waals surface area contributed by atoms with Crippen molar-refractivity contribution >= 4 is 17.2 Å². The number of thiophene rings is 1. The number of rotatable bonds is 4. The summed E-state index contributed by atoms with van der Waals surface area (Å²) < 4.78 is 0. The Morgan fingerprint density at radius 1 is 1.73 bits per heavy atom. The van der Waals surface area contributed by atoms with Crippen molar-refractivity contribution in [3.63, 3.8) is 0 Å². The number of aryl methyl sites for hydroxylation is 1. The van der Waals surface area contributed by atoms with Crippen LogP contribution in [0.4, 0.5) is 0 Å². The highest BCUT2D eigenvalue weighted by atomic mass is 32.1. The monoisotopic (exact) mass is 222 g/mol. The summed E-state index contributed by atoms with van der Waals surface area (Å²) in [5.74, 6) is -0.0652. The van der Waals surface area contributed by atoms with E-state index in [9.17, 15) is 4.79 Å². The molecule has 0 aliphatic heterocycles. The van der Waals surface area contributed by atoms with E-state index in [1.54, 1.807) is 0 Å². The number of hydrogen-bond donors (Lipinski definition) is 1. The average Bonchev–Trinajstić information content (AvgIpc) is 2.63. The number of nitriles is 1. The molecule has 0 saturated heterocycles. The van der Waals surface area contributed by atoms with Crippen LogP contribution >= 0.6 is 11.3 Å². The molecule has 1 N–H and O–H groups in total. The minimum Gasteiger partial charge on any atom is -0.348 e. The Hall–Kier alpha value is -1.34. The molecule has 80 valence electrons. The lowest BCUT2D eigenvalue weighted by molar-refractivity contribution is 0.0940. The quantitative estimate of drug-likeness (QED) is 0.850. The first-order valence-electron chi connectivity index (χ1n) is 4.91. The van der Waals surface area contributed by atoms with Gasteiger partial charge in [-0.15, -0.1) is 11.3 Å². The molecule has 1 rings (SSSR count). The first kappa shape index (κ1) is 11.7. The van der Waals surface area contributed by atoms with Crippen LogP contribution in [-0.4, -0.2) is 11.9 Å². The Kier molecular flexibility index (Phi) is 4.32. The van der Waals surface area contributed by atoms with Gasteiger partial charge in [-0.25, -0.2) is 0 Å². The second-order valence-corrected chi connectivity index (χ2v) is 4.29. The predicted octanol–water partition coefficient (Wildman–Crippen LogP) is 2.48. The van der Waals surface area contributed by atoms with Gasteiger partial charge < -0.3 is 5.32 Å². The summed E-state index contributed by atoms with van der Waals surface area (Å²) in [5.41, 5.74) is 0.990. The fraction of sp³-hybridized carbons (Fsp3) is 0.455. The molecule has 1 heterocycles. The molecule has 0 spiro atoms. The number of carbonyl (C=O) groups is 1. The van der Waals surface area contributed by atoms with Crippen LogP contribution in [0.3, 0.4) is 0 Å². The van der Waals surface area contributed by atoms with Gasteiger partial charge >= 0.3 is 0 Å². The Morgan fingerprint density at radius 2 is 2.47 bits per heavy atom. The molecule has 0 fully saturated rings. The highest BCUT2D eigenvalue weighted by Crippen LogP contribution is 2.15. The van der Waals surface area contributed by atoms with Crippen molar-refractivity contribution in [2.24, 2.45) is 0 Å². The SMILES string of the molecule is CCC(CC#N)NC(=O)c1sccc1C. The lowest BCUT2D eigenvalue weighted by Crippen LogP contribution is -2.33. The van der Waals surface area contributed by atoms with E-state index in [0.717, 1.165) is 16.9 Å². The fourth-order valence-electron chi connectivity index (χ4n) is 1.26. The fourth-order valence-corrected chi connectivity index (χ4v) is 2.09. The van der Waals surface area contributed by atoms with Crippen LogP contribution in [0, 0.1) is 18.3 Å². The van der Waals surface area contributed by atoms with Crippen molar-refractivity contribution in [3.8, 4) is 6.07 Å². The Balaban J connectivity index is 2.63. The molecule has 1 aromatic rings. The van der Waals surface area contributed by atoms with Crippen LogP contribution in [0.25, 0.3) is 0 Å². The van der Waals surface area contributed by atoms with E-state index in [4.69, 9.17) is 5.26 Å². The third kappa shape index (κ3) is 3.07. The van der Waals surface area contributed by atoms with Gasteiger partial charge in [0.05, 0.1) is 17.4 Å². The van der Waals surface area contributed by atoms with E-state index < -0.39 is 0 Å². The van der Waals surface area contributed by atoms with Crippen LogP contribution in [-0.2, 0) is 0 Å². The summed E-state index contributed by atoms with van der Waals surface area (Å²) in [7, 11) is 0. The molecule has 1 aromatic heterocycles. The standard InChI is InChI=1S/C11H14N2OS/c1-3-9(4-6-12)13-11(14)10-8(2)5-7-15-10/h5,7,9H,3-4H2,1-2H3,(H,13,14). The molecular weight excluding hydrogens is 208 g/mol. The van der Waals surface area contributed by atoms with E-state index in [-0.39, 0.29) is 11.9 Å². The Labute approximate surface area is 93.7 Å². The molecular formula is C11H14N2OS. The molecule has 3 nitrogen and oxygen atoms in total. The minimum absolute atomic E-state index is 0.0380. The van der Waals surface area contributed by atoms with Gasteiger partial charge in [-0.05, 0) is 30.4 Å². The maximum atomic E-state index is 11.8. The lowest BCUT2D eigenvalue weighted by Gasteiger charge is -2.12. The normalized spacial score (nSPS) is 11.8. The molecule has 1 unspecified atom stereocenters. The third-order valence-electron chi connectivity index (χ3n) is 2.23. The summed E-state index contributed by atoms with van der Waals surface area (Å²) in [4.78, 5) is 12.5. The van der Waals surface area contributed by atoms with Crippen LogP contribution in [0.5, 0.6) is 0 Å². The van der Waals surface area contributed by atoms with Crippen LogP contribution < -0.4 is 5.32 Å². The van der Waals surface area contributed by atoms with Crippen LogP contribution in [0.1, 0.15) is 35.0 Å². The Bertz CT molecular complexity index is 378. The van der Waals surface area contributed by atoms with Gasteiger partial charge in [-0.1, -0.05) is 6.92 Å². The third-order valence-corrected chi connectivity index (χ3v) is 3.25. The van der Waals surface area contributed by atoms with Crippen molar-refractivity contribution in [2.45, 2.75) is 32.7 Å². The molecule has 4 heteroatoms. The highest BCUT2D eigenvalue weighted by Gasteiger charge is 2.14. The van der Waals surface area contributed by atoms with Crippen molar-refractivity contribution < 1.29 is 4.79 Å². The van der Waals surface area contributed by atoms with Crippen LogP contribution in [0.15, 0.2) is 11.4 Å². The summed E-state index contributed by atoms with van der Waals surface area (Å²) in [6.45, 7) is 3.88. The number of amides is 1. The second-order valence-electron chi connectivity index (χ2n) is 3.37. The van der Waals surface area contributed by atoms with E-state index in [1.165, 1.54) is 11.3 Å². The van der Waals surface area contributed by atoms with E-state index >= 15 is 0 Å². The van der Waals surface area contributed by atoms with Crippen molar-refractivity contribution in [1.29, 1.82) is 5.26 Å². The molecule has 0 radical (unpaired) electrons. The maximum absolute atomic E-state index is 11.8. The smallest absolute Gasteiger partial charge is 0.261 e. The molecule has 1 amide bonds. The van der Waals surface area contributed by atoms with E-state index in [1.807, 2.05) is 25.3 Å². The number of nitrogens with zero attached hydrogens (tertiary/aromatic N) is 1. The van der Waals surface area contributed by atoms with Gasteiger partial charge in [0.25, 0.3) is 5.91 Å². The first-order chi connectivity index (χ1) is 7.19. The van der Waals surface area contributed by atoms with Crippen LogP contribution in [0.2, 0.25) is 0 Å². The summed E-state index contributed by atoms with van der Waals surface area (Å²) in [5, 5.41) is 13.3. The van der Waals surface area contributed by atoms with Gasteiger partial charge in [-0.3, -0.25) is 4.79 Å². The molecule has 0 bridgehead atoms. The summed E-state index contributed by atoms with van der Waals surface area (Å²) >= 11 is 1.43. The molecule has 0 aliphatic rings. The average molecular weight is 222 g/mol. The van der Waals surface area contributed by atoms with E-state index in [2.05, 4.69) is 11.4 Å². The van der Waals surface area contributed by atoms with Gasteiger partial charge in [0.1, 0.15) is 0 Å². The van der Waals surface area contributed by atoms with Gasteiger partial charge in [0.15, 0.2) is 0 Å². The van der Waals surface area contributed by atoms with Crippen molar-refractivity contribution in [2.75, 3.05) is 0 Å². The summed E-state index contributed by atoms with van der Waals surface area (Å²) in [6, 6.07) is 3.96. The van der Waals surface area contributed by atoms with Crippen molar-refractivity contribution in [1.82, 2.24) is 5.32 Å². The lowest BCUT2D eigenvalue weighted by atomic mass is 10.1. The molecule has 0 saturated carbocycles. The first-order valence-corrected chi connectivity index (χ1v) is 5.79. The second kappa shape index (κ2) is 5.52. The zero-order valence-electron chi connectivity index (χ0n) is 8.91. The zero-order chi connectivity index (χ0) is 11.3. The molecule has 0 aromatic carbocycles. The molecule has 0 aliphatic carbocycles. The van der Waals surface area contributed by atoms with Gasteiger partial charge in [0, 0.05) is 6.04 Å². The largest absolute Gasteiger partial charge is 0.348 e. The summed E-state index contributed by atoms with van der Waals surface area (Å²) in [6.07, 6.45) is 1.15.